The molecule has 5 nitrogen and oxygen atoms in total. The van der Waals surface area contributed by atoms with Crippen LogP contribution in [-0.4, -0.2) is 9.13 Å². The Balaban J connectivity index is 1.23. The molecule has 2 heterocycles. The Hall–Kier alpha value is -7.39. The van der Waals surface area contributed by atoms with Gasteiger partial charge in [-0.1, -0.05) is 78.9 Å². The molecule has 0 fully saturated rings. The van der Waals surface area contributed by atoms with Crippen LogP contribution in [0.3, 0.4) is 0 Å². The lowest BCUT2D eigenvalue weighted by Gasteiger charge is -2.17. The van der Waals surface area contributed by atoms with E-state index in [-0.39, 0.29) is 0 Å². The van der Waals surface area contributed by atoms with Crippen LogP contribution in [0.25, 0.3) is 82.1 Å². The summed E-state index contributed by atoms with van der Waals surface area (Å²) in [5.41, 5.74) is 12.0. The molecular formula is C45H25N5. The third-order valence-corrected chi connectivity index (χ3v) is 9.61. The Labute approximate surface area is 288 Å². The molecule has 2 aromatic heterocycles. The summed E-state index contributed by atoms with van der Waals surface area (Å²) in [6, 6.07) is 55.7. The predicted octanol–water partition coefficient (Wildman–Crippen LogP) is 11.5. The highest BCUT2D eigenvalue weighted by atomic mass is 15.0. The highest BCUT2D eigenvalue weighted by Crippen LogP contribution is 2.41. The third-order valence-electron chi connectivity index (χ3n) is 9.61. The zero-order valence-electron chi connectivity index (χ0n) is 26.7. The van der Waals surface area contributed by atoms with Gasteiger partial charge < -0.3 is 9.13 Å². The van der Waals surface area contributed by atoms with Crippen molar-refractivity contribution in [1.82, 2.24) is 9.13 Å². The number of nitriles is 2. The maximum absolute atomic E-state index is 9.96. The molecular weight excluding hydrogens is 611 g/mol. The van der Waals surface area contributed by atoms with E-state index in [0.29, 0.717) is 16.8 Å². The molecule has 0 amide bonds. The van der Waals surface area contributed by atoms with Gasteiger partial charge in [-0.25, -0.2) is 4.85 Å². The molecule has 9 rings (SSSR count). The van der Waals surface area contributed by atoms with Crippen LogP contribution >= 0.6 is 0 Å². The second-order valence-electron chi connectivity index (χ2n) is 12.3. The molecule has 0 aliphatic rings. The Morgan fingerprint density at radius 3 is 1.78 bits per heavy atom. The minimum atomic E-state index is 0.588. The lowest BCUT2D eigenvalue weighted by Crippen LogP contribution is -1.98. The second kappa shape index (κ2) is 11.4. The van der Waals surface area contributed by atoms with Crippen molar-refractivity contribution >= 4 is 49.3 Å². The number of para-hydroxylation sites is 3. The summed E-state index contributed by atoms with van der Waals surface area (Å²) in [7, 11) is 0. The maximum Gasteiger partial charge on any atom is 0.188 e. The van der Waals surface area contributed by atoms with Crippen molar-refractivity contribution in [2.24, 2.45) is 0 Å². The van der Waals surface area contributed by atoms with Crippen LogP contribution in [0, 0.1) is 29.2 Å². The molecule has 0 aliphatic heterocycles. The van der Waals surface area contributed by atoms with Gasteiger partial charge in [-0.05, 0) is 94.9 Å². The zero-order chi connectivity index (χ0) is 33.8. The van der Waals surface area contributed by atoms with Crippen molar-refractivity contribution in [2.45, 2.75) is 0 Å². The molecule has 230 valence electrons. The first-order valence-electron chi connectivity index (χ1n) is 16.3. The Morgan fingerprint density at radius 1 is 0.460 bits per heavy atom. The minimum absolute atomic E-state index is 0.588. The van der Waals surface area contributed by atoms with Crippen LogP contribution in [0.5, 0.6) is 0 Å². The van der Waals surface area contributed by atoms with Crippen molar-refractivity contribution in [3.63, 3.8) is 0 Å². The topological polar surface area (TPSA) is 61.8 Å². The Morgan fingerprint density at radius 2 is 1.04 bits per heavy atom. The van der Waals surface area contributed by atoms with Gasteiger partial charge in [0, 0.05) is 27.4 Å². The fraction of sp³-hybridized carbons (Fsp3) is 0. The zero-order valence-corrected chi connectivity index (χ0v) is 26.7. The van der Waals surface area contributed by atoms with Crippen molar-refractivity contribution < 1.29 is 0 Å². The summed E-state index contributed by atoms with van der Waals surface area (Å²) >= 11 is 0. The molecule has 0 atom stereocenters. The van der Waals surface area contributed by atoms with Gasteiger partial charge >= 0.3 is 0 Å². The van der Waals surface area contributed by atoms with E-state index in [9.17, 15) is 10.5 Å². The highest BCUT2D eigenvalue weighted by Gasteiger charge is 2.19. The van der Waals surface area contributed by atoms with Gasteiger partial charge in [-0.2, -0.15) is 10.5 Å². The molecule has 0 saturated heterocycles. The van der Waals surface area contributed by atoms with Crippen LogP contribution in [0.2, 0.25) is 0 Å². The SMILES string of the molecule is [C-]#[N+]c1ccc2c(c1)c1ccccc1n2-c1ccccc1-c1ccc(C#N)cc1-c1ccc(-n2c3ccccc3c3cc(C#N)ccc32)cc1. The quantitative estimate of drug-likeness (QED) is 0.181. The summed E-state index contributed by atoms with van der Waals surface area (Å²) in [4.78, 5) is 3.70. The normalized spacial score (nSPS) is 11.1. The van der Waals surface area contributed by atoms with E-state index in [2.05, 4.69) is 98.9 Å². The van der Waals surface area contributed by atoms with Gasteiger partial charge in [0.15, 0.2) is 5.69 Å². The monoisotopic (exact) mass is 635 g/mol. The van der Waals surface area contributed by atoms with Gasteiger partial charge in [0.05, 0.1) is 57.6 Å². The fourth-order valence-corrected chi connectivity index (χ4v) is 7.38. The van der Waals surface area contributed by atoms with Crippen LogP contribution < -0.4 is 0 Å². The number of hydrogen-bond acceptors (Lipinski definition) is 2. The molecule has 0 N–H and O–H groups in total. The number of nitrogens with zero attached hydrogens (tertiary/aromatic N) is 5. The Kier molecular flexibility index (Phi) is 6.56. The van der Waals surface area contributed by atoms with Gasteiger partial charge in [0.1, 0.15) is 0 Å². The van der Waals surface area contributed by atoms with E-state index in [1.54, 1.807) is 0 Å². The smallest absolute Gasteiger partial charge is 0.188 e. The first-order valence-corrected chi connectivity index (χ1v) is 16.3. The Bertz CT molecular complexity index is 2960. The van der Waals surface area contributed by atoms with E-state index in [1.807, 2.05) is 78.9 Å². The van der Waals surface area contributed by atoms with Crippen molar-refractivity contribution in [3.8, 4) is 45.8 Å². The molecule has 0 radical (unpaired) electrons. The number of benzene rings is 7. The third kappa shape index (κ3) is 4.38. The molecule has 7 aromatic carbocycles. The summed E-state index contributed by atoms with van der Waals surface area (Å²) in [6.45, 7) is 7.61. The maximum atomic E-state index is 9.96. The lowest BCUT2D eigenvalue weighted by molar-refractivity contribution is 1.18. The molecule has 5 heteroatoms. The molecule has 0 unspecified atom stereocenters. The first kappa shape index (κ1) is 28.8. The fourth-order valence-electron chi connectivity index (χ4n) is 7.38. The van der Waals surface area contributed by atoms with Gasteiger partial charge in [0.25, 0.3) is 0 Å². The van der Waals surface area contributed by atoms with Crippen molar-refractivity contribution in [2.75, 3.05) is 0 Å². The predicted molar refractivity (Wildman–Crippen MR) is 202 cm³/mol. The largest absolute Gasteiger partial charge is 0.309 e. The number of fused-ring (bicyclic) bond motifs is 6. The number of aromatic nitrogens is 2. The average Bonchev–Trinajstić information content (AvgIpc) is 3.69. The summed E-state index contributed by atoms with van der Waals surface area (Å²) < 4.78 is 4.51. The van der Waals surface area contributed by atoms with E-state index >= 15 is 0 Å². The average molecular weight is 636 g/mol. The van der Waals surface area contributed by atoms with Crippen molar-refractivity contribution in [3.05, 3.63) is 174 Å². The molecule has 50 heavy (non-hydrogen) atoms. The molecule has 0 saturated carbocycles. The molecule has 0 spiro atoms. The van der Waals surface area contributed by atoms with Gasteiger partial charge in [0.2, 0.25) is 0 Å². The number of rotatable bonds is 4. The van der Waals surface area contributed by atoms with Crippen LogP contribution in [0.4, 0.5) is 5.69 Å². The first-order chi connectivity index (χ1) is 24.7. The summed E-state index contributed by atoms with van der Waals surface area (Å²) in [6.07, 6.45) is 0. The van der Waals surface area contributed by atoms with E-state index in [4.69, 9.17) is 6.57 Å². The minimum Gasteiger partial charge on any atom is -0.309 e. The van der Waals surface area contributed by atoms with Crippen LogP contribution in [-0.2, 0) is 0 Å². The van der Waals surface area contributed by atoms with Crippen LogP contribution in [0.15, 0.2) is 152 Å². The standard InChI is InChI=1S/C45H25N5/c1-48-32-18-23-45-40(26-32)37-10-4-7-13-43(37)50(45)42-12-6-2-8-35(42)34-21-14-29(27-46)24-38(34)31-16-19-33(20-17-31)49-41-11-5-3-9-36(41)39-25-30(28-47)15-22-44(39)49/h2-26H. The molecule has 0 bridgehead atoms. The molecule has 0 aliphatic carbocycles. The van der Waals surface area contributed by atoms with Crippen LogP contribution in [0.1, 0.15) is 11.1 Å². The van der Waals surface area contributed by atoms with E-state index in [1.165, 1.54) is 0 Å². The van der Waals surface area contributed by atoms with Gasteiger partial charge in [-0.15, -0.1) is 0 Å². The molecule has 9 aromatic rings. The number of hydrogen-bond donors (Lipinski definition) is 0. The van der Waals surface area contributed by atoms with E-state index in [0.717, 1.165) is 77.2 Å². The highest BCUT2D eigenvalue weighted by molar-refractivity contribution is 6.11. The van der Waals surface area contributed by atoms with Crippen molar-refractivity contribution in [1.29, 1.82) is 10.5 Å². The summed E-state index contributed by atoms with van der Waals surface area (Å²) in [5.74, 6) is 0. The summed E-state index contributed by atoms with van der Waals surface area (Å²) in [5, 5.41) is 23.8. The van der Waals surface area contributed by atoms with E-state index < -0.39 is 0 Å². The van der Waals surface area contributed by atoms with Gasteiger partial charge in [-0.3, -0.25) is 0 Å². The lowest BCUT2D eigenvalue weighted by atomic mass is 9.92. The second-order valence-corrected chi connectivity index (χ2v) is 12.3.